The molecule has 1 atom stereocenters. The van der Waals surface area contributed by atoms with Crippen LogP contribution in [0.4, 0.5) is 0 Å². The van der Waals surface area contributed by atoms with Gasteiger partial charge in [0.05, 0.1) is 0 Å². The van der Waals surface area contributed by atoms with E-state index < -0.39 is 0 Å². The van der Waals surface area contributed by atoms with Crippen LogP contribution in [0, 0.1) is 0 Å². The summed E-state index contributed by atoms with van der Waals surface area (Å²) in [6, 6.07) is 19.4. The minimum Gasteiger partial charge on any atom is -0.489 e. The molecule has 3 aromatic rings. The van der Waals surface area contributed by atoms with Crippen molar-refractivity contribution >= 4 is 10.9 Å². The second-order valence-electron chi connectivity index (χ2n) is 6.53. The first-order chi connectivity index (χ1) is 12.2. The maximum absolute atomic E-state index is 5.95. The van der Waals surface area contributed by atoms with E-state index in [9.17, 15) is 0 Å². The SMILES string of the molecule is CCN(CC)[C@H](C)Cn1ccc2cc(OCc3ccccc3)ccc21. The number of fused-ring (bicyclic) bond motifs is 1. The quantitative estimate of drug-likeness (QED) is 0.579. The van der Waals surface area contributed by atoms with Crippen LogP contribution in [0.25, 0.3) is 10.9 Å². The Kier molecular flexibility index (Phi) is 5.77. The van der Waals surface area contributed by atoms with Crippen LogP contribution < -0.4 is 4.74 Å². The highest BCUT2D eigenvalue weighted by molar-refractivity contribution is 5.81. The van der Waals surface area contributed by atoms with Gasteiger partial charge in [0.15, 0.2) is 0 Å². The van der Waals surface area contributed by atoms with Gasteiger partial charge < -0.3 is 9.30 Å². The van der Waals surface area contributed by atoms with Gasteiger partial charge in [-0.3, -0.25) is 4.90 Å². The molecule has 2 aromatic carbocycles. The lowest BCUT2D eigenvalue weighted by Crippen LogP contribution is -2.35. The van der Waals surface area contributed by atoms with Gasteiger partial charge in [-0.1, -0.05) is 44.2 Å². The average molecular weight is 336 g/mol. The molecule has 1 heterocycles. The first-order valence-corrected chi connectivity index (χ1v) is 9.21. The van der Waals surface area contributed by atoms with Crippen LogP contribution in [0.15, 0.2) is 60.8 Å². The van der Waals surface area contributed by atoms with Gasteiger partial charge in [-0.25, -0.2) is 0 Å². The molecule has 3 rings (SSSR count). The van der Waals surface area contributed by atoms with Crippen LogP contribution in [-0.2, 0) is 13.2 Å². The highest BCUT2D eigenvalue weighted by atomic mass is 16.5. The maximum Gasteiger partial charge on any atom is 0.120 e. The molecule has 0 radical (unpaired) electrons. The van der Waals surface area contributed by atoms with Crippen LogP contribution in [0.1, 0.15) is 26.3 Å². The molecular weight excluding hydrogens is 308 g/mol. The number of hydrogen-bond donors (Lipinski definition) is 0. The second-order valence-corrected chi connectivity index (χ2v) is 6.53. The minimum absolute atomic E-state index is 0.527. The zero-order valence-electron chi connectivity index (χ0n) is 15.5. The minimum atomic E-state index is 0.527. The van der Waals surface area contributed by atoms with Crippen LogP contribution in [0.3, 0.4) is 0 Å². The van der Waals surface area contributed by atoms with Crippen molar-refractivity contribution in [3.8, 4) is 5.75 Å². The van der Waals surface area contributed by atoms with Gasteiger partial charge in [-0.15, -0.1) is 0 Å². The van der Waals surface area contributed by atoms with Gasteiger partial charge in [-0.05, 0) is 49.8 Å². The van der Waals surface area contributed by atoms with Gasteiger partial charge in [0, 0.05) is 29.7 Å². The third kappa shape index (κ3) is 4.23. The largest absolute Gasteiger partial charge is 0.489 e. The third-order valence-corrected chi connectivity index (χ3v) is 4.89. The second kappa shape index (κ2) is 8.21. The summed E-state index contributed by atoms with van der Waals surface area (Å²) < 4.78 is 8.29. The van der Waals surface area contributed by atoms with Crippen LogP contribution in [-0.4, -0.2) is 28.6 Å². The Morgan fingerprint density at radius 3 is 2.48 bits per heavy atom. The van der Waals surface area contributed by atoms with Crippen molar-refractivity contribution in [2.45, 2.75) is 40.0 Å². The van der Waals surface area contributed by atoms with E-state index in [-0.39, 0.29) is 0 Å². The van der Waals surface area contributed by atoms with Crippen molar-refractivity contribution < 1.29 is 4.74 Å². The van der Waals surface area contributed by atoms with Gasteiger partial charge in [0.2, 0.25) is 0 Å². The molecule has 0 unspecified atom stereocenters. The molecule has 0 spiro atoms. The number of likely N-dealkylation sites (N-methyl/N-ethyl adjacent to an activating group) is 1. The predicted octanol–water partition coefficient (Wildman–Crippen LogP) is 4.95. The molecule has 0 aliphatic rings. The van der Waals surface area contributed by atoms with Gasteiger partial charge >= 0.3 is 0 Å². The maximum atomic E-state index is 5.95. The Hall–Kier alpha value is -2.26. The van der Waals surface area contributed by atoms with E-state index in [0.29, 0.717) is 12.6 Å². The lowest BCUT2D eigenvalue weighted by atomic mass is 10.2. The van der Waals surface area contributed by atoms with Crippen molar-refractivity contribution in [1.82, 2.24) is 9.47 Å². The molecule has 132 valence electrons. The summed E-state index contributed by atoms with van der Waals surface area (Å²) >= 11 is 0. The number of benzene rings is 2. The smallest absolute Gasteiger partial charge is 0.120 e. The lowest BCUT2D eigenvalue weighted by Gasteiger charge is -2.27. The molecule has 0 bridgehead atoms. The first-order valence-electron chi connectivity index (χ1n) is 9.21. The summed E-state index contributed by atoms with van der Waals surface area (Å²) in [5.74, 6) is 0.922. The molecule has 0 aliphatic heterocycles. The monoisotopic (exact) mass is 336 g/mol. The van der Waals surface area contributed by atoms with Crippen molar-refractivity contribution in [2.24, 2.45) is 0 Å². The summed E-state index contributed by atoms with van der Waals surface area (Å²) in [6.07, 6.45) is 2.19. The Bertz CT molecular complexity index is 790. The fourth-order valence-corrected chi connectivity index (χ4v) is 3.42. The van der Waals surface area contributed by atoms with E-state index in [4.69, 9.17) is 4.74 Å². The zero-order valence-corrected chi connectivity index (χ0v) is 15.5. The van der Waals surface area contributed by atoms with E-state index in [1.54, 1.807) is 0 Å². The van der Waals surface area contributed by atoms with E-state index in [1.165, 1.54) is 16.5 Å². The van der Waals surface area contributed by atoms with E-state index in [2.05, 4.69) is 72.8 Å². The Morgan fingerprint density at radius 1 is 1.00 bits per heavy atom. The number of nitrogens with zero attached hydrogens (tertiary/aromatic N) is 2. The van der Waals surface area contributed by atoms with E-state index >= 15 is 0 Å². The highest BCUT2D eigenvalue weighted by Gasteiger charge is 2.12. The predicted molar refractivity (Wildman–Crippen MR) is 105 cm³/mol. The molecule has 0 aliphatic carbocycles. The van der Waals surface area contributed by atoms with Crippen LogP contribution in [0.5, 0.6) is 5.75 Å². The van der Waals surface area contributed by atoms with Gasteiger partial charge in [0.25, 0.3) is 0 Å². The Morgan fingerprint density at radius 2 is 1.76 bits per heavy atom. The molecule has 0 saturated heterocycles. The Labute approximate surface area is 150 Å². The number of aromatic nitrogens is 1. The summed E-state index contributed by atoms with van der Waals surface area (Å²) in [7, 11) is 0. The molecule has 3 nitrogen and oxygen atoms in total. The third-order valence-electron chi connectivity index (χ3n) is 4.89. The van der Waals surface area contributed by atoms with Crippen LogP contribution >= 0.6 is 0 Å². The standard InChI is InChI=1S/C22H28N2O/c1-4-23(5-2)18(3)16-24-14-13-20-15-21(11-12-22(20)24)25-17-19-9-7-6-8-10-19/h6-15,18H,4-5,16-17H2,1-3H3/t18-/m1/s1. The summed E-state index contributed by atoms with van der Waals surface area (Å²) in [4.78, 5) is 2.49. The normalized spacial score (nSPS) is 12.6. The van der Waals surface area contributed by atoms with Gasteiger partial charge in [-0.2, -0.15) is 0 Å². The molecular formula is C22H28N2O. The molecule has 0 saturated carbocycles. The molecule has 0 fully saturated rings. The average Bonchev–Trinajstić information content (AvgIpc) is 3.04. The fourth-order valence-electron chi connectivity index (χ4n) is 3.42. The zero-order chi connectivity index (χ0) is 17.6. The number of ether oxygens (including phenoxy) is 1. The van der Waals surface area contributed by atoms with E-state index in [0.717, 1.165) is 25.4 Å². The summed E-state index contributed by atoms with van der Waals surface area (Å²) in [5, 5.41) is 1.23. The molecule has 1 aromatic heterocycles. The number of rotatable bonds is 8. The lowest BCUT2D eigenvalue weighted by molar-refractivity contribution is 0.213. The Balaban J connectivity index is 1.70. The molecule has 0 amide bonds. The summed E-state index contributed by atoms with van der Waals surface area (Å²) in [5.41, 5.74) is 2.46. The number of hydrogen-bond acceptors (Lipinski definition) is 2. The van der Waals surface area contributed by atoms with Gasteiger partial charge in [0.1, 0.15) is 12.4 Å². The van der Waals surface area contributed by atoms with E-state index in [1.807, 2.05) is 18.2 Å². The van der Waals surface area contributed by atoms with Crippen molar-refractivity contribution in [3.05, 3.63) is 66.4 Å². The fraction of sp³-hybridized carbons (Fsp3) is 0.364. The topological polar surface area (TPSA) is 17.4 Å². The highest BCUT2D eigenvalue weighted by Crippen LogP contribution is 2.23. The van der Waals surface area contributed by atoms with Crippen LogP contribution in [0.2, 0.25) is 0 Å². The molecule has 3 heteroatoms. The van der Waals surface area contributed by atoms with Crippen molar-refractivity contribution in [1.29, 1.82) is 0 Å². The molecule has 25 heavy (non-hydrogen) atoms. The molecule has 0 N–H and O–H groups in total. The first kappa shape index (κ1) is 17.6. The van der Waals surface area contributed by atoms with Crippen molar-refractivity contribution in [2.75, 3.05) is 13.1 Å². The summed E-state index contributed by atoms with van der Waals surface area (Å²) in [6.45, 7) is 10.6. The van der Waals surface area contributed by atoms with Crippen molar-refractivity contribution in [3.63, 3.8) is 0 Å².